The molecule has 0 radical (unpaired) electrons. The maximum atomic E-state index is 12.6. The van der Waals surface area contributed by atoms with Crippen molar-refractivity contribution in [1.82, 2.24) is 0 Å². The van der Waals surface area contributed by atoms with Crippen LogP contribution in [0.25, 0.3) is 0 Å². The maximum absolute atomic E-state index is 12.6. The van der Waals surface area contributed by atoms with Gasteiger partial charge in [0.25, 0.3) is 5.90 Å². The topological polar surface area (TPSA) is 86.6 Å². The van der Waals surface area contributed by atoms with E-state index in [4.69, 9.17) is 41.7 Å². The number of hydrogen-bond acceptors (Lipinski definition) is 9. The summed E-state index contributed by atoms with van der Waals surface area (Å²) >= 11 is 11.3. The molecule has 0 aromatic rings. The summed E-state index contributed by atoms with van der Waals surface area (Å²) in [7, 11) is 2.76. The maximum Gasteiger partial charge on any atom is 0.381 e. The summed E-state index contributed by atoms with van der Waals surface area (Å²) in [5, 5.41) is 4.42. The van der Waals surface area contributed by atoms with E-state index >= 15 is 0 Å². The van der Waals surface area contributed by atoms with Crippen molar-refractivity contribution in [3.63, 3.8) is 0 Å². The summed E-state index contributed by atoms with van der Waals surface area (Å²) in [5.74, 6) is -0.0299. The Morgan fingerprint density at radius 1 is 1.32 bits per heavy atom. The molecular weight excluding hydrogens is 426 g/mol. The Bertz CT molecular complexity index is 649. The molecule has 0 bridgehead atoms. The van der Waals surface area contributed by atoms with Crippen LogP contribution in [0.4, 0.5) is 0 Å². The second kappa shape index (κ2) is 9.50. The van der Waals surface area contributed by atoms with Gasteiger partial charge in [-0.05, 0) is 49.1 Å². The second-order valence-electron chi connectivity index (χ2n) is 5.08. The molecule has 0 saturated carbocycles. The molecule has 144 valence electrons. The Kier molecular flexibility index (Phi) is 8.88. The van der Waals surface area contributed by atoms with Gasteiger partial charge < -0.3 is 23.0 Å². The van der Waals surface area contributed by atoms with E-state index in [1.165, 1.54) is 26.4 Å². The number of quaternary nitrogens is 1. The summed E-state index contributed by atoms with van der Waals surface area (Å²) in [6.07, 6.45) is 2.78. The van der Waals surface area contributed by atoms with Crippen molar-refractivity contribution in [2.24, 2.45) is 5.10 Å². The predicted molar refractivity (Wildman–Crippen MR) is 107 cm³/mol. The van der Waals surface area contributed by atoms with Crippen molar-refractivity contribution in [2.45, 2.75) is 26.8 Å². The number of carbonyl (C=O) groups excluding carboxylic acids is 1. The van der Waals surface area contributed by atoms with Crippen LogP contribution in [-0.4, -0.2) is 54.0 Å². The molecule has 1 N–H and O–H groups in total. The lowest BCUT2D eigenvalue weighted by Gasteiger charge is -2.34. The van der Waals surface area contributed by atoms with E-state index < -0.39 is 12.4 Å². The number of amides is 1. The number of nitrogens with zero attached hydrogens (tertiary/aromatic N) is 2. The van der Waals surface area contributed by atoms with Crippen LogP contribution in [0.15, 0.2) is 17.3 Å². The molecule has 25 heavy (non-hydrogen) atoms. The van der Waals surface area contributed by atoms with Gasteiger partial charge in [0, 0.05) is 32.1 Å². The smallest absolute Gasteiger partial charge is 0.381 e. The quantitative estimate of drug-likeness (QED) is 0.421. The highest BCUT2D eigenvalue weighted by Crippen LogP contribution is 2.57. The van der Waals surface area contributed by atoms with E-state index in [2.05, 4.69) is 5.10 Å². The molecule has 0 aromatic carbocycles. The SMILES string of the molecule is CCOP(O)(=S)SC[N+]1(C(C)C)N=C(OP(=S)(OC)OC)C=CC1=O. The molecule has 2 unspecified atom stereocenters. The van der Waals surface area contributed by atoms with Gasteiger partial charge >= 0.3 is 12.6 Å². The third kappa shape index (κ3) is 6.17. The van der Waals surface area contributed by atoms with Gasteiger partial charge in [0.05, 0.1) is 12.7 Å². The van der Waals surface area contributed by atoms with Crippen LogP contribution in [-0.2, 0) is 46.5 Å². The standard InChI is InChI=1S/C12H22N2O6P2S3/c1-6-19-21(16,23)25-9-14(10(2)3)12(15)8-7-11(13-14)20-22(24,17-4)18-5/h7-8,10H,6,9H2,1-5H3/p+1. The highest BCUT2D eigenvalue weighted by atomic mass is 32.9. The zero-order valence-corrected chi connectivity index (χ0v) is 18.9. The minimum absolute atomic E-state index is 0.102. The Hall–Kier alpha value is 0.330. The molecule has 1 heterocycles. The first kappa shape index (κ1) is 23.4. The first-order chi connectivity index (χ1) is 11.5. The number of rotatable bonds is 9. The first-order valence-corrected chi connectivity index (χ1v) is 14.1. The number of carbonyl (C=O) groups is 1. The molecule has 1 aliphatic rings. The van der Waals surface area contributed by atoms with Crippen molar-refractivity contribution >= 4 is 59.2 Å². The highest BCUT2D eigenvalue weighted by molar-refractivity contribution is 8.67. The zero-order chi connectivity index (χ0) is 19.3. The summed E-state index contributed by atoms with van der Waals surface area (Å²) in [6.45, 7) is 2.72. The molecular formula is C12H23N2O6P2S3+. The fourth-order valence-corrected chi connectivity index (χ4v) is 6.12. The molecule has 8 nitrogen and oxygen atoms in total. The fourth-order valence-electron chi connectivity index (χ4n) is 1.82. The molecule has 13 heteroatoms. The lowest BCUT2D eigenvalue weighted by Crippen LogP contribution is -2.54. The Morgan fingerprint density at radius 2 is 1.92 bits per heavy atom. The summed E-state index contributed by atoms with van der Waals surface area (Å²) in [6, 6.07) is -0.233. The Morgan fingerprint density at radius 3 is 2.40 bits per heavy atom. The third-order valence-electron chi connectivity index (χ3n) is 3.24. The van der Waals surface area contributed by atoms with Gasteiger partial charge in [0.2, 0.25) is 5.69 Å². The van der Waals surface area contributed by atoms with E-state index in [1.807, 2.05) is 13.8 Å². The second-order valence-corrected chi connectivity index (χ2v) is 14.4. The fraction of sp³-hybridized carbons (Fsp3) is 0.667. The monoisotopic (exact) mass is 449 g/mol. The van der Waals surface area contributed by atoms with E-state index in [0.29, 0.717) is 6.61 Å². The molecule has 0 saturated heterocycles. The third-order valence-corrected chi connectivity index (χ3v) is 9.99. The van der Waals surface area contributed by atoms with Crippen LogP contribution in [0.3, 0.4) is 0 Å². The normalized spacial score (nSPS) is 23.5. The molecule has 1 amide bonds. The van der Waals surface area contributed by atoms with Crippen LogP contribution in [0.5, 0.6) is 0 Å². The molecule has 1 aliphatic heterocycles. The van der Waals surface area contributed by atoms with Gasteiger partial charge in [-0.25, -0.2) is 4.79 Å². The van der Waals surface area contributed by atoms with Gasteiger partial charge in [-0.15, -0.1) is 4.59 Å². The van der Waals surface area contributed by atoms with Gasteiger partial charge in [0.15, 0.2) is 5.88 Å². The lowest BCUT2D eigenvalue weighted by atomic mass is 10.3. The van der Waals surface area contributed by atoms with Gasteiger partial charge in [0.1, 0.15) is 6.04 Å². The summed E-state index contributed by atoms with van der Waals surface area (Å²) in [4.78, 5) is 22.7. The number of hydrogen-bond donors (Lipinski definition) is 1. The Labute approximate surface area is 162 Å². The van der Waals surface area contributed by atoms with Crippen LogP contribution in [0.1, 0.15) is 20.8 Å². The zero-order valence-electron chi connectivity index (χ0n) is 14.6. The van der Waals surface area contributed by atoms with Gasteiger partial charge in [-0.3, -0.25) is 0 Å². The minimum atomic E-state index is -3.06. The molecule has 1 rings (SSSR count). The van der Waals surface area contributed by atoms with E-state index in [0.717, 1.165) is 11.4 Å². The van der Waals surface area contributed by atoms with E-state index in [-0.39, 0.29) is 28.3 Å². The Balaban J connectivity index is 3.14. The molecule has 0 fully saturated rings. The van der Waals surface area contributed by atoms with E-state index in [9.17, 15) is 9.69 Å². The molecule has 2 atom stereocenters. The summed E-state index contributed by atoms with van der Waals surface area (Å²) < 4.78 is 20.6. The molecule has 0 aromatic heterocycles. The van der Waals surface area contributed by atoms with Crippen LogP contribution in [0.2, 0.25) is 0 Å². The van der Waals surface area contributed by atoms with Crippen LogP contribution < -0.4 is 0 Å². The van der Waals surface area contributed by atoms with Crippen molar-refractivity contribution in [1.29, 1.82) is 0 Å². The van der Waals surface area contributed by atoms with Crippen LogP contribution >= 0.6 is 23.8 Å². The average molecular weight is 449 g/mol. The van der Waals surface area contributed by atoms with Crippen molar-refractivity contribution in [3.8, 4) is 0 Å². The van der Waals surface area contributed by atoms with Gasteiger partial charge in [-0.1, -0.05) is 0 Å². The highest BCUT2D eigenvalue weighted by Gasteiger charge is 2.44. The minimum Gasteiger partial charge on any atom is -0.401 e. The lowest BCUT2D eigenvalue weighted by molar-refractivity contribution is -0.868. The largest absolute Gasteiger partial charge is 0.401 e. The molecule has 0 aliphatic carbocycles. The predicted octanol–water partition coefficient (Wildman–Crippen LogP) is 3.10. The van der Waals surface area contributed by atoms with Crippen LogP contribution in [0, 0.1) is 0 Å². The summed E-state index contributed by atoms with van der Waals surface area (Å²) in [5.41, 5.74) is -3.06. The van der Waals surface area contributed by atoms with Crippen molar-refractivity contribution in [2.75, 3.05) is 26.7 Å². The molecule has 0 spiro atoms. The van der Waals surface area contributed by atoms with Crippen molar-refractivity contribution < 1.29 is 32.4 Å². The van der Waals surface area contributed by atoms with Gasteiger partial charge in [-0.2, -0.15) is 0 Å². The average Bonchev–Trinajstić information content (AvgIpc) is 2.55. The first-order valence-electron chi connectivity index (χ1n) is 7.27. The van der Waals surface area contributed by atoms with Crippen molar-refractivity contribution in [3.05, 3.63) is 12.2 Å². The van der Waals surface area contributed by atoms with E-state index in [1.54, 1.807) is 6.92 Å².